The maximum absolute atomic E-state index is 12.4. The van der Waals surface area contributed by atoms with Gasteiger partial charge in [0.15, 0.2) is 0 Å². The number of ketones is 1. The standard InChI is InChI=1S/C35H68NO8P/c1-4-5-6-7-8-9-10-11-12-13-14-15-16-17-18-23-28-41-31-34(44-35(38)30-33(2)37)32-43-45(39,40)42-29-24-19-20-25-36(3)26-21-22-27-36/h34H,4-32H2,1-3H3/p+1. The van der Waals surface area contributed by atoms with Crippen molar-refractivity contribution in [3.63, 3.8) is 0 Å². The normalized spacial score (nSPS) is 16.4. The summed E-state index contributed by atoms with van der Waals surface area (Å²) in [6.07, 6.45) is 24.7. The molecule has 1 N–H and O–H groups in total. The number of phosphoric ester groups is 1. The topological polar surface area (TPSA) is 108 Å². The van der Waals surface area contributed by atoms with E-state index in [1.807, 2.05) is 0 Å². The van der Waals surface area contributed by atoms with E-state index >= 15 is 0 Å². The van der Waals surface area contributed by atoms with E-state index in [0.717, 1.165) is 36.7 Å². The van der Waals surface area contributed by atoms with Crippen LogP contribution < -0.4 is 0 Å². The van der Waals surface area contributed by atoms with Crippen LogP contribution in [0, 0.1) is 0 Å². The van der Waals surface area contributed by atoms with Gasteiger partial charge in [0, 0.05) is 19.4 Å². The first-order chi connectivity index (χ1) is 21.7. The Hall–Kier alpha value is -0.830. The second-order valence-electron chi connectivity index (χ2n) is 13.5. The Morgan fingerprint density at radius 1 is 0.711 bits per heavy atom. The lowest BCUT2D eigenvalue weighted by Gasteiger charge is -2.29. The van der Waals surface area contributed by atoms with Gasteiger partial charge in [-0.25, -0.2) is 4.57 Å². The van der Waals surface area contributed by atoms with Crippen LogP contribution in [0.2, 0.25) is 0 Å². The average Bonchev–Trinajstić information content (AvgIpc) is 3.42. The van der Waals surface area contributed by atoms with Gasteiger partial charge < -0.3 is 18.9 Å². The van der Waals surface area contributed by atoms with Crippen LogP contribution in [0.3, 0.4) is 0 Å². The zero-order valence-corrected chi connectivity index (χ0v) is 30.2. The molecule has 0 spiro atoms. The minimum atomic E-state index is -4.30. The molecule has 0 amide bonds. The first-order valence-corrected chi connectivity index (χ1v) is 19.9. The van der Waals surface area contributed by atoms with Gasteiger partial charge in [0.25, 0.3) is 0 Å². The van der Waals surface area contributed by atoms with Gasteiger partial charge in [-0.3, -0.25) is 18.6 Å². The monoisotopic (exact) mass is 662 g/mol. The number of likely N-dealkylation sites (tertiary alicyclic amines) is 1. The molecule has 0 aromatic rings. The second-order valence-corrected chi connectivity index (χ2v) is 15.0. The molecule has 0 aromatic carbocycles. The Morgan fingerprint density at radius 2 is 1.20 bits per heavy atom. The fourth-order valence-electron chi connectivity index (χ4n) is 6.00. The van der Waals surface area contributed by atoms with Crippen molar-refractivity contribution >= 4 is 19.6 Å². The predicted molar refractivity (Wildman–Crippen MR) is 181 cm³/mol. The first kappa shape index (κ1) is 42.2. The zero-order valence-electron chi connectivity index (χ0n) is 29.3. The summed E-state index contributed by atoms with van der Waals surface area (Å²) >= 11 is 0. The highest BCUT2D eigenvalue weighted by Gasteiger charge is 2.27. The molecular weight excluding hydrogens is 593 g/mol. The quantitative estimate of drug-likeness (QED) is 0.0251. The molecule has 1 heterocycles. The fraction of sp³-hybridized carbons (Fsp3) is 0.943. The molecule has 1 fully saturated rings. The van der Waals surface area contributed by atoms with Crippen LogP contribution in [0.15, 0.2) is 0 Å². The molecule has 0 radical (unpaired) electrons. The number of Topliss-reactive ketones (excluding diaryl/α,β-unsaturated/α-hetero) is 1. The molecule has 2 unspecified atom stereocenters. The van der Waals surface area contributed by atoms with Crippen molar-refractivity contribution in [1.82, 2.24) is 0 Å². The molecule has 45 heavy (non-hydrogen) atoms. The van der Waals surface area contributed by atoms with Crippen molar-refractivity contribution in [2.75, 3.05) is 53.1 Å². The van der Waals surface area contributed by atoms with Gasteiger partial charge >= 0.3 is 13.8 Å². The number of carbonyl (C=O) groups is 2. The van der Waals surface area contributed by atoms with Gasteiger partial charge in [-0.1, -0.05) is 103 Å². The van der Waals surface area contributed by atoms with Crippen LogP contribution in [0.4, 0.5) is 0 Å². The van der Waals surface area contributed by atoms with Crippen LogP contribution >= 0.6 is 7.82 Å². The molecule has 266 valence electrons. The molecular formula is C35H69NO8P+. The van der Waals surface area contributed by atoms with E-state index in [9.17, 15) is 19.0 Å². The number of hydrogen-bond acceptors (Lipinski definition) is 7. The highest BCUT2D eigenvalue weighted by Crippen LogP contribution is 2.43. The summed E-state index contributed by atoms with van der Waals surface area (Å²) in [5.74, 6) is -1.02. The summed E-state index contributed by atoms with van der Waals surface area (Å²) in [7, 11) is -2.00. The third kappa shape index (κ3) is 25.9. The fourth-order valence-corrected chi connectivity index (χ4v) is 6.79. The lowest BCUT2D eigenvalue weighted by molar-refractivity contribution is -0.897. The van der Waals surface area contributed by atoms with E-state index in [1.54, 1.807) is 0 Å². The molecule has 0 aromatic heterocycles. The third-order valence-electron chi connectivity index (χ3n) is 8.80. The van der Waals surface area contributed by atoms with Crippen LogP contribution in [-0.2, 0) is 32.7 Å². The van der Waals surface area contributed by atoms with Crippen molar-refractivity contribution < 1.29 is 42.1 Å². The van der Waals surface area contributed by atoms with E-state index < -0.39 is 19.9 Å². The van der Waals surface area contributed by atoms with Crippen LogP contribution in [0.5, 0.6) is 0 Å². The molecule has 0 saturated carbocycles. The summed E-state index contributed by atoms with van der Waals surface area (Å²) < 4.78 is 34.8. The molecule has 10 heteroatoms. The maximum Gasteiger partial charge on any atom is 0.472 e. The lowest BCUT2D eigenvalue weighted by Crippen LogP contribution is -2.41. The van der Waals surface area contributed by atoms with Gasteiger partial charge in [-0.15, -0.1) is 0 Å². The smallest absolute Gasteiger partial charge is 0.457 e. The van der Waals surface area contributed by atoms with E-state index in [4.69, 9.17) is 18.5 Å². The molecule has 1 saturated heterocycles. The number of ether oxygens (including phenoxy) is 2. The van der Waals surface area contributed by atoms with Gasteiger partial charge in [0.1, 0.15) is 18.3 Å². The second kappa shape index (κ2) is 27.2. The van der Waals surface area contributed by atoms with Crippen LogP contribution in [0.1, 0.15) is 155 Å². The molecule has 1 aliphatic heterocycles. The van der Waals surface area contributed by atoms with Gasteiger partial charge in [-0.05, 0) is 32.6 Å². The molecule has 2 atom stereocenters. The van der Waals surface area contributed by atoms with Crippen molar-refractivity contribution in [1.29, 1.82) is 0 Å². The number of esters is 1. The maximum atomic E-state index is 12.4. The number of nitrogens with zero attached hydrogens (tertiary/aromatic N) is 1. The number of unbranched alkanes of at least 4 members (excludes halogenated alkanes) is 17. The Morgan fingerprint density at radius 3 is 1.73 bits per heavy atom. The molecule has 0 aliphatic carbocycles. The SMILES string of the molecule is CCCCCCCCCCCCCCCCCCOCC(COP(=O)(O)OCCCCC[N+]1(C)CCCC1)OC(=O)CC(C)=O. The highest BCUT2D eigenvalue weighted by molar-refractivity contribution is 7.47. The third-order valence-corrected chi connectivity index (χ3v) is 9.79. The van der Waals surface area contributed by atoms with E-state index in [0.29, 0.717) is 13.0 Å². The number of rotatable bonds is 32. The molecule has 0 bridgehead atoms. The van der Waals surface area contributed by atoms with Crippen molar-refractivity contribution in [3.05, 3.63) is 0 Å². The Balaban J connectivity index is 2.12. The van der Waals surface area contributed by atoms with E-state index in [2.05, 4.69) is 14.0 Å². The number of phosphoric acid groups is 1. The van der Waals surface area contributed by atoms with Crippen molar-refractivity contribution in [2.24, 2.45) is 0 Å². The van der Waals surface area contributed by atoms with Crippen LogP contribution in [0.25, 0.3) is 0 Å². The summed E-state index contributed by atoms with van der Waals surface area (Å²) in [6, 6.07) is 0. The number of quaternary nitrogens is 1. The van der Waals surface area contributed by atoms with Gasteiger partial charge in [0.05, 0.1) is 46.5 Å². The summed E-state index contributed by atoms with van der Waals surface area (Å²) in [6.45, 7) is 7.48. The van der Waals surface area contributed by atoms with Crippen molar-refractivity contribution in [3.8, 4) is 0 Å². The summed E-state index contributed by atoms with van der Waals surface area (Å²) in [5, 5.41) is 0. The molecule has 1 aliphatic rings. The first-order valence-electron chi connectivity index (χ1n) is 18.4. The van der Waals surface area contributed by atoms with E-state index in [-0.39, 0.29) is 32.0 Å². The Labute approximate surface area is 275 Å². The lowest BCUT2D eigenvalue weighted by atomic mass is 10.0. The zero-order chi connectivity index (χ0) is 33.1. The Kier molecular flexibility index (Phi) is 25.5. The number of carbonyl (C=O) groups excluding carboxylic acids is 2. The largest absolute Gasteiger partial charge is 0.472 e. The average molecular weight is 663 g/mol. The predicted octanol–water partition coefficient (Wildman–Crippen LogP) is 8.70. The number of hydrogen-bond donors (Lipinski definition) is 1. The summed E-state index contributed by atoms with van der Waals surface area (Å²) in [4.78, 5) is 33.5. The highest BCUT2D eigenvalue weighted by atomic mass is 31.2. The van der Waals surface area contributed by atoms with Gasteiger partial charge in [0.2, 0.25) is 0 Å². The van der Waals surface area contributed by atoms with Gasteiger partial charge in [-0.2, -0.15) is 0 Å². The van der Waals surface area contributed by atoms with Crippen LogP contribution in [-0.4, -0.2) is 80.3 Å². The Bertz CT molecular complexity index is 790. The van der Waals surface area contributed by atoms with Crippen molar-refractivity contribution in [2.45, 2.75) is 161 Å². The minimum Gasteiger partial charge on any atom is -0.457 e. The minimum absolute atomic E-state index is 0.0272. The van der Waals surface area contributed by atoms with E-state index in [1.165, 1.54) is 123 Å². The molecule has 9 nitrogen and oxygen atoms in total. The molecule has 1 rings (SSSR count). The summed E-state index contributed by atoms with van der Waals surface area (Å²) in [5.41, 5.74) is 0.